The standard InChI is InChI=1S/C22H20F3N3O2S/c1-14-13-27(20(29)19-12-15-4-2-3-5-18(15)30-19)10-11-28(14)21(31)26-17-8-6-16(7-9-17)22(23,24)25/h2-9,12,14H,10-11,13H2,1H3,(H,26,31). The van der Waals surface area contributed by atoms with Gasteiger partial charge >= 0.3 is 6.18 Å². The normalized spacial score (nSPS) is 17.1. The van der Waals surface area contributed by atoms with Gasteiger partial charge in [0.15, 0.2) is 10.9 Å². The highest BCUT2D eigenvalue weighted by atomic mass is 32.1. The maximum atomic E-state index is 12.9. The lowest BCUT2D eigenvalue weighted by atomic mass is 10.2. The number of anilines is 1. The number of amides is 1. The number of para-hydroxylation sites is 1. The van der Waals surface area contributed by atoms with E-state index in [1.165, 1.54) is 12.1 Å². The van der Waals surface area contributed by atoms with E-state index in [0.717, 1.165) is 17.5 Å². The molecule has 0 aliphatic carbocycles. The molecule has 1 aromatic heterocycles. The molecule has 1 aliphatic heterocycles. The predicted octanol–water partition coefficient (Wildman–Crippen LogP) is 4.99. The highest BCUT2D eigenvalue weighted by Gasteiger charge is 2.31. The van der Waals surface area contributed by atoms with Crippen LogP contribution >= 0.6 is 12.2 Å². The molecule has 0 bridgehead atoms. The first-order valence-corrected chi connectivity index (χ1v) is 10.2. The second-order valence-electron chi connectivity index (χ2n) is 7.45. The lowest BCUT2D eigenvalue weighted by Gasteiger charge is -2.41. The number of furan rings is 1. The van der Waals surface area contributed by atoms with Gasteiger partial charge in [-0.05, 0) is 55.5 Å². The number of fused-ring (bicyclic) bond motifs is 1. The van der Waals surface area contributed by atoms with Gasteiger partial charge in [0.2, 0.25) is 0 Å². The topological polar surface area (TPSA) is 48.7 Å². The summed E-state index contributed by atoms with van der Waals surface area (Å²) in [5.74, 6) is 0.122. The number of nitrogens with one attached hydrogen (secondary N) is 1. The maximum Gasteiger partial charge on any atom is 0.416 e. The second kappa shape index (κ2) is 8.22. The zero-order chi connectivity index (χ0) is 22.2. The summed E-state index contributed by atoms with van der Waals surface area (Å²) < 4.78 is 43.8. The number of piperazine rings is 1. The largest absolute Gasteiger partial charge is 0.451 e. The van der Waals surface area contributed by atoms with E-state index in [4.69, 9.17) is 16.6 Å². The number of rotatable bonds is 2. The van der Waals surface area contributed by atoms with Crippen LogP contribution in [-0.4, -0.2) is 46.5 Å². The fourth-order valence-electron chi connectivity index (χ4n) is 3.62. The van der Waals surface area contributed by atoms with Crippen molar-refractivity contribution in [2.75, 3.05) is 25.0 Å². The third-order valence-corrected chi connectivity index (χ3v) is 5.61. The van der Waals surface area contributed by atoms with Gasteiger partial charge in [0.25, 0.3) is 5.91 Å². The zero-order valence-electron chi connectivity index (χ0n) is 16.6. The quantitative estimate of drug-likeness (QED) is 0.561. The summed E-state index contributed by atoms with van der Waals surface area (Å²) in [5.41, 5.74) is 0.431. The van der Waals surface area contributed by atoms with Crippen LogP contribution in [0.3, 0.4) is 0 Å². The second-order valence-corrected chi connectivity index (χ2v) is 7.83. The van der Waals surface area contributed by atoms with Crippen molar-refractivity contribution in [2.45, 2.75) is 19.1 Å². The van der Waals surface area contributed by atoms with Crippen molar-refractivity contribution in [3.63, 3.8) is 0 Å². The number of halogens is 3. The molecule has 4 rings (SSSR count). The molecule has 1 unspecified atom stereocenters. The minimum Gasteiger partial charge on any atom is -0.451 e. The molecule has 2 aromatic carbocycles. The van der Waals surface area contributed by atoms with Gasteiger partial charge in [0, 0.05) is 36.7 Å². The van der Waals surface area contributed by atoms with E-state index in [1.807, 2.05) is 36.1 Å². The van der Waals surface area contributed by atoms with Gasteiger partial charge in [-0.3, -0.25) is 4.79 Å². The van der Waals surface area contributed by atoms with Crippen molar-refractivity contribution < 1.29 is 22.4 Å². The predicted molar refractivity (Wildman–Crippen MR) is 116 cm³/mol. The van der Waals surface area contributed by atoms with Gasteiger partial charge in [-0.15, -0.1) is 0 Å². The number of hydrogen-bond donors (Lipinski definition) is 1. The van der Waals surface area contributed by atoms with Crippen LogP contribution in [0.1, 0.15) is 23.0 Å². The summed E-state index contributed by atoms with van der Waals surface area (Å²) in [6.07, 6.45) is -4.38. The summed E-state index contributed by atoms with van der Waals surface area (Å²) in [4.78, 5) is 16.5. The van der Waals surface area contributed by atoms with E-state index < -0.39 is 11.7 Å². The smallest absolute Gasteiger partial charge is 0.416 e. The Kier molecular flexibility index (Phi) is 5.62. The molecular formula is C22H20F3N3O2S. The fraction of sp³-hybridized carbons (Fsp3) is 0.273. The molecule has 0 saturated carbocycles. The first kappa shape index (κ1) is 21.2. The van der Waals surface area contributed by atoms with Crippen molar-refractivity contribution in [1.29, 1.82) is 0 Å². The Labute approximate surface area is 182 Å². The van der Waals surface area contributed by atoms with E-state index in [9.17, 15) is 18.0 Å². The molecule has 1 fully saturated rings. The van der Waals surface area contributed by atoms with E-state index in [2.05, 4.69) is 5.32 Å². The highest BCUT2D eigenvalue weighted by Crippen LogP contribution is 2.30. The fourth-order valence-corrected chi connectivity index (χ4v) is 4.01. The number of thiocarbonyl (C=S) groups is 1. The van der Waals surface area contributed by atoms with Crippen molar-refractivity contribution >= 4 is 39.9 Å². The molecule has 0 spiro atoms. The van der Waals surface area contributed by atoms with Crippen LogP contribution in [0.4, 0.5) is 18.9 Å². The SMILES string of the molecule is CC1CN(C(=O)c2cc3ccccc3o2)CCN1C(=S)Nc1ccc(C(F)(F)F)cc1. The van der Waals surface area contributed by atoms with Crippen molar-refractivity contribution in [2.24, 2.45) is 0 Å². The summed E-state index contributed by atoms with van der Waals surface area (Å²) in [7, 11) is 0. The molecular weight excluding hydrogens is 427 g/mol. The monoisotopic (exact) mass is 447 g/mol. The van der Waals surface area contributed by atoms with E-state index in [-0.39, 0.29) is 11.9 Å². The average Bonchev–Trinajstić information content (AvgIpc) is 3.17. The van der Waals surface area contributed by atoms with Crippen molar-refractivity contribution in [3.8, 4) is 0 Å². The molecule has 5 nitrogen and oxygen atoms in total. The Morgan fingerprint density at radius 1 is 1.13 bits per heavy atom. The van der Waals surface area contributed by atoms with Gasteiger partial charge in [-0.25, -0.2) is 0 Å². The molecule has 1 saturated heterocycles. The summed E-state index contributed by atoms with van der Waals surface area (Å²) in [6.45, 7) is 3.35. The Hall–Kier alpha value is -3.07. The average molecular weight is 447 g/mol. The molecule has 162 valence electrons. The maximum absolute atomic E-state index is 12.9. The zero-order valence-corrected chi connectivity index (χ0v) is 17.5. The number of carbonyl (C=O) groups is 1. The molecule has 9 heteroatoms. The van der Waals surface area contributed by atoms with E-state index in [0.29, 0.717) is 41.8 Å². The molecule has 1 amide bonds. The van der Waals surface area contributed by atoms with Gasteiger partial charge in [-0.1, -0.05) is 18.2 Å². The third-order valence-electron chi connectivity index (χ3n) is 5.28. The molecule has 1 atom stereocenters. The Morgan fingerprint density at radius 3 is 2.48 bits per heavy atom. The van der Waals surface area contributed by atoms with Crippen LogP contribution in [0.25, 0.3) is 11.0 Å². The van der Waals surface area contributed by atoms with Crippen molar-refractivity contribution in [3.05, 3.63) is 65.9 Å². The molecule has 1 aliphatic rings. The van der Waals surface area contributed by atoms with Crippen LogP contribution in [0.2, 0.25) is 0 Å². The number of hydrogen-bond acceptors (Lipinski definition) is 3. The van der Waals surface area contributed by atoms with Crippen LogP contribution in [0.5, 0.6) is 0 Å². The summed E-state index contributed by atoms with van der Waals surface area (Å²) in [5, 5.41) is 4.26. The lowest BCUT2D eigenvalue weighted by molar-refractivity contribution is -0.137. The van der Waals surface area contributed by atoms with Gasteiger partial charge in [-0.2, -0.15) is 13.2 Å². The van der Waals surface area contributed by atoms with E-state index >= 15 is 0 Å². The van der Waals surface area contributed by atoms with Crippen LogP contribution in [-0.2, 0) is 6.18 Å². The van der Waals surface area contributed by atoms with Crippen LogP contribution in [0, 0.1) is 0 Å². The Balaban J connectivity index is 1.38. The number of alkyl halides is 3. The lowest BCUT2D eigenvalue weighted by Crippen LogP contribution is -2.56. The van der Waals surface area contributed by atoms with Gasteiger partial charge < -0.3 is 19.5 Å². The summed E-state index contributed by atoms with van der Waals surface area (Å²) in [6, 6.07) is 13.8. The first-order chi connectivity index (χ1) is 14.7. The third kappa shape index (κ3) is 4.51. The number of carbonyl (C=O) groups excluding carboxylic acids is 1. The molecule has 0 radical (unpaired) electrons. The highest BCUT2D eigenvalue weighted by molar-refractivity contribution is 7.80. The van der Waals surface area contributed by atoms with E-state index in [1.54, 1.807) is 11.0 Å². The minimum absolute atomic E-state index is 0.0727. The molecule has 1 N–H and O–H groups in total. The number of benzene rings is 2. The van der Waals surface area contributed by atoms with Crippen molar-refractivity contribution in [1.82, 2.24) is 9.80 Å². The number of nitrogens with zero attached hydrogens (tertiary/aromatic N) is 2. The van der Waals surface area contributed by atoms with Gasteiger partial charge in [0.05, 0.1) is 5.56 Å². The van der Waals surface area contributed by atoms with Crippen LogP contribution < -0.4 is 5.32 Å². The molecule has 31 heavy (non-hydrogen) atoms. The van der Waals surface area contributed by atoms with Gasteiger partial charge in [0.1, 0.15) is 5.58 Å². The Bertz CT molecular complexity index is 1080. The first-order valence-electron chi connectivity index (χ1n) is 9.75. The van der Waals surface area contributed by atoms with Crippen LogP contribution in [0.15, 0.2) is 59.0 Å². The minimum atomic E-state index is -4.38. The molecule has 2 heterocycles. The Morgan fingerprint density at radius 2 is 1.84 bits per heavy atom. The summed E-state index contributed by atoms with van der Waals surface area (Å²) >= 11 is 5.45. The molecule has 3 aromatic rings.